The molecule has 0 radical (unpaired) electrons. The van der Waals surface area contributed by atoms with Crippen molar-refractivity contribution in [1.82, 2.24) is 0 Å². The van der Waals surface area contributed by atoms with Crippen LogP contribution in [0.2, 0.25) is 0 Å². The molecule has 0 aliphatic heterocycles. The Bertz CT molecular complexity index is 389. The van der Waals surface area contributed by atoms with Crippen molar-refractivity contribution in [2.75, 3.05) is 13.2 Å². The highest BCUT2D eigenvalue weighted by Gasteiger charge is 2.16. The highest BCUT2D eigenvalue weighted by molar-refractivity contribution is 6.28. The van der Waals surface area contributed by atoms with E-state index in [9.17, 15) is 0 Å². The van der Waals surface area contributed by atoms with Crippen molar-refractivity contribution in [2.45, 2.75) is 39.2 Å². The topological polar surface area (TPSA) is 27.7 Å². The maximum Gasteiger partial charge on any atom is 0.224 e. The van der Waals surface area contributed by atoms with Gasteiger partial charge in [0.15, 0.2) is 5.91 Å². The highest BCUT2D eigenvalue weighted by Crippen LogP contribution is 2.25. The van der Waals surface area contributed by atoms with Gasteiger partial charge in [0.05, 0.1) is 6.10 Å². The van der Waals surface area contributed by atoms with E-state index in [1.165, 1.54) is 5.56 Å². The Morgan fingerprint density at radius 2 is 1.80 bits per heavy atom. The second-order valence-corrected chi connectivity index (χ2v) is 5.74. The van der Waals surface area contributed by atoms with E-state index in [2.05, 4.69) is 25.6 Å². The fourth-order valence-electron chi connectivity index (χ4n) is 2.13. The van der Waals surface area contributed by atoms with Crippen LogP contribution in [-0.4, -0.2) is 28.9 Å². The number of hydrogen-bond donors (Lipinski definition) is 0. The molecule has 3 nitrogen and oxygen atoms in total. The summed E-state index contributed by atoms with van der Waals surface area (Å²) >= 11 is 0. The molecule has 0 N–H and O–H groups in total. The van der Waals surface area contributed by atoms with Crippen LogP contribution in [0.1, 0.15) is 44.4 Å². The van der Waals surface area contributed by atoms with E-state index < -0.39 is 9.76 Å². The Hall–Kier alpha value is -0.943. The van der Waals surface area contributed by atoms with Gasteiger partial charge < -0.3 is 13.9 Å². The number of benzene rings is 1. The molecule has 112 valence electrons. The van der Waals surface area contributed by atoms with Gasteiger partial charge in [-0.15, -0.1) is 0 Å². The van der Waals surface area contributed by atoms with Crippen LogP contribution >= 0.6 is 0 Å². The van der Waals surface area contributed by atoms with Gasteiger partial charge in [-0.05, 0) is 31.4 Å². The van der Waals surface area contributed by atoms with Crippen molar-refractivity contribution in [2.24, 2.45) is 0 Å². The summed E-state index contributed by atoms with van der Waals surface area (Å²) < 4.78 is 17.3. The van der Waals surface area contributed by atoms with Crippen LogP contribution in [0.5, 0.6) is 0 Å². The van der Waals surface area contributed by atoms with Gasteiger partial charge in [0.25, 0.3) is 0 Å². The standard InChI is InChI=1S/C16H26O3Si/c1-5-13-11-9-10-12-14(13)15(6-2)19-20-16(17-7-3)18-8-4/h5,9-12,15-16H,1,6-8,20H2,2-4H3. The van der Waals surface area contributed by atoms with E-state index in [4.69, 9.17) is 13.9 Å². The lowest BCUT2D eigenvalue weighted by molar-refractivity contribution is -0.0920. The van der Waals surface area contributed by atoms with Crippen molar-refractivity contribution in [3.8, 4) is 0 Å². The summed E-state index contributed by atoms with van der Waals surface area (Å²) in [5.41, 5.74) is 2.34. The van der Waals surface area contributed by atoms with Crippen LogP contribution < -0.4 is 0 Å². The normalized spacial score (nSPS) is 13.2. The van der Waals surface area contributed by atoms with Crippen LogP contribution in [-0.2, 0) is 13.9 Å². The van der Waals surface area contributed by atoms with Crippen molar-refractivity contribution in [3.05, 3.63) is 42.0 Å². The Balaban J connectivity index is 2.68. The summed E-state index contributed by atoms with van der Waals surface area (Å²) in [7, 11) is -0.901. The summed E-state index contributed by atoms with van der Waals surface area (Å²) in [6, 6.07) is 8.24. The molecule has 0 aliphatic rings. The van der Waals surface area contributed by atoms with Crippen molar-refractivity contribution < 1.29 is 13.9 Å². The lowest BCUT2D eigenvalue weighted by atomic mass is 10.0. The van der Waals surface area contributed by atoms with Crippen molar-refractivity contribution >= 4 is 15.8 Å². The highest BCUT2D eigenvalue weighted by atomic mass is 28.2. The average Bonchev–Trinajstić information content (AvgIpc) is 2.48. The molecule has 1 unspecified atom stereocenters. The molecule has 1 aromatic carbocycles. The molecule has 0 aromatic heterocycles. The first kappa shape index (κ1) is 17.1. The molecule has 0 spiro atoms. The molecule has 0 aliphatic carbocycles. The van der Waals surface area contributed by atoms with Crippen LogP contribution in [0.3, 0.4) is 0 Å². The SMILES string of the molecule is C=Cc1ccccc1C(CC)O[SiH2]C(OCC)OCC. The van der Waals surface area contributed by atoms with E-state index in [1.54, 1.807) is 0 Å². The first-order chi connectivity index (χ1) is 9.76. The second kappa shape index (κ2) is 9.88. The molecule has 1 aromatic rings. The first-order valence-electron chi connectivity index (χ1n) is 7.32. The third-order valence-corrected chi connectivity index (χ3v) is 4.41. The maximum absolute atomic E-state index is 6.13. The Labute approximate surface area is 124 Å². The van der Waals surface area contributed by atoms with Gasteiger partial charge in [0.1, 0.15) is 0 Å². The summed E-state index contributed by atoms with van der Waals surface area (Å²) in [6.07, 6.45) is 2.91. The van der Waals surface area contributed by atoms with E-state index in [-0.39, 0.29) is 12.0 Å². The Morgan fingerprint density at radius 1 is 1.15 bits per heavy atom. The minimum atomic E-state index is -0.901. The second-order valence-electron chi connectivity index (χ2n) is 4.40. The molecule has 4 heteroatoms. The summed E-state index contributed by atoms with van der Waals surface area (Å²) in [5, 5.41) is 0. The van der Waals surface area contributed by atoms with Gasteiger partial charge >= 0.3 is 0 Å². The van der Waals surface area contributed by atoms with Gasteiger partial charge in [-0.25, -0.2) is 0 Å². The zero-order valence-corrected chi connectivity index (χ0v) is 14.2. The molecular formula is C16H26O3Si. The molecular weight excluding hydrogens is 268 g/mol. The zero-order valence-electron chi connectivity index (χ0n) is 12.8. The van der Waals surface area contributed by atoms with Crippen molar-refractivity contribution in [1.29, 1.82) is 0 Å². The maximum atomic E-state index is 6.13. The number of rotatable bonds is 10. The smallest absolute Gasteiger partial charge is 0.224 e. The van der Waals surface area contributed by atoms with Crippen molar-refractivity contribution in [3.63, 3.8) is 0 Å². The molecule has 0 heterocycles. The lowest BCUT2D eigenvalue weighted by Gasteiger charge is -2.22. The summed E-state index contributed by atoms with van der Waals surface area (Å²) in [5.74, 6) is -0.157. The van der Waals surface area contributed by atoms with Crippen LogP contribution in [0.4, 0.5) is 0 Å². The minimum absolute atomic E-state index is 0.0966. The Morgan fingerprint density at radius 3 is 2.35 bits per heavy atom. The zero-order chi connectivity index (χ0) is 14.8. The molecule has 0 fully saturated rings. The summed E-state index contributed by atoms with van der Waals surface area (Å²) in [6.45, 7) is 11.3. The molecule has 0 bridgehead atoms. The van der Waals surface area contributed by atoms with Gasteiger partial charge in [-0.3, -0.25) is 0 Å². The fraction of sp³-hybridized carbons (Fsp3) is 0.500. The van der Waals surface area contributed by atoms with Gasteiger partial charge in [-0.2, -0.15) is 0 Å². The number of hydrogen-bond acceptors (Lipinski definition) is 3. The van der Waals surface area contributed by atoms with Crippen LogP contribution in [0.25, 0.3) is 6.08 Å². The molecule has 0 saturated heterocycles. The van der Waals surface area contributed by atoms with E-state index in [1.807, 2.05) is 32.1 Å². The minimum Gasteiger partial charge on any atom is -0.411 e. The predicted octanol–water partition coefficient (Wildman–Crippen LogP) is 3.24. The van der Waals surface area contributed by atoms with Crippen LogP contribution in [0.15, 0.2) is 30.8 Å². The van der Waals surface area contributed by atoms with Gasteiger partial charge in [0, 0.05) is 13.2 Å². The monoisotopic (exact) mass is 294 g/mol. The average molecular weight is 294 g/mol. The predicted molar refractivity (Wildman–Crippen MR) is 86.2 cm³/mol. The largest absolute Gasteiger partial charge is 0.411 e. The third-order valence-electron chi connectivity index (χ3n) is 3.07. The summed E-state index contributed by atoms with van der Waals surface area (Å²) in [4.78, 5) is 0. The molecule has 20 heavy (non-hydrogen) atoms. The van der Waals surface area contributed by atoms with Crippen LogP contribution in [0, 0.1) is 0 Å². The van der Waals surface area contributed by atoms with Gasteiger partial charge in [-0.1, -0.05) is 43.8 Å². The van der Waals surface area contributed by atoms with E-state index >= 15 is 0 Å². The lowest BCUT2D eigenvalue weighted by Crippen LogP contribution is -2.28. The molecule has 1 atom stereocenters. The molecule has 0 amide bonds. The quantitative estimate of drug-likeness (QED) is 0.490. The first-order valence-corrected chi connectivity index (χ1v) is 8.72. The Kier molecular flexibility index (Phi) is 8.45. The fourth-order valence-corrected chi connectivity index (χ4v) is 3.60. The number of ether oxygens (including phenoxy) is 2. The van der Waals surface area contributed by atoms with E-state index in [0.717, 1.165) is 12.0 Å². The molecule has 1 rings (SSSR count). The van der Waals surface area contributed by atoms with E-state index in [0.29, 0.717) is 13.2 Å². The van der Waals surface area contributed by atoms with Gasteiger partial charge in [0.2, 0.25) is 9.76 Å². The third kappa shape index (κ3) is 5.21. The molecule has 0 saturated carbocycles.